The van der Waals surface area contributed by atoms with Crippen LogP contribution < -0.4 is 10.2 Å². The van der Waals surface area contributed by atoms with Crippen LogP contribution in [0.2, 0.25) is 0 Å². The van der Waals surface area contributed by atoms with Crippen LogP contribution >= 0.6 is 11.8 Å². The first kappa shape index (κ1) is 19.3. The van der Waals surface area contributed by atoms with Gasteiger partial charge in [-0.15, -0.1) is 10.2 Å². The number of aryl methyl sites for hydroxylation is 1. The third-order valence-corrected chi connectivity index (χ3v) is 4.84. The van der Waals surface area contributed by atoms with Crippen molar-refractivity contribution in [1.82, 2.24) is 20.1 Å². The summed E-state index contributed by atoms with van der Waals surface area (Å²) >= 11 is 1.43. The molecule has 0 fully saturated rings. The molecule has 2 rings (SSSR count). The summed E-state index contributed by atoms with van der Waals surface area (Å²) in [5.41, 5.74) is 2.24. The van der Waals surface area contributed by atoms with E-state index in [1.807, 2.05) is 30.8 Å². The van der Waals surface area contributed by atoms with Gasteiger partial charge in [0.15, 0.2) is 5.16 Å². The van der Waals surface area contributed by atoms with E-state index >= 15 is 0 Å². The Morgan fingerprint density at radius 1 is 1.24 bits per heavy atom. The monoisotopic (exact) mass is 361 g/mol. The minimum Gasteiger partial charge on any atom is -0.378 e. The van der Waals surface area contributed by atoms with Crippen LogP contribution in [0.25, 0.3) is 0 Å². The Hall–Kier alpha value is -2.02. The number of nitrogens with one attached hydrogen (secondary N) is 1. The summed E-state index contributed by atoms with van der Waals surface area (Å²) in [5, 5.41) is 11.8. The lowest BCUT2D eigenvalue weighted by Crippen LogP contribution is -2.24. The van der Waals surface area contributed by atoms with Crippen LogP contribution in [0.1, 0.15) is 31.7 Å². The molecule has 0 saturated carbocycles. The van der Waals surface area contributed by atoms with Crippen LogP contribution in [0.5, 0.6) is 0 Å². The number of carbonyl (C=O) groups excluding carboxylic acids is 1. The van der Waals surface area contributed by atoms with Gasteiger partial charge in [0.1, 0.15) is 6.33 Å². The summed E-state index contributed by atoms with van der Waals surface area (Å²) in [7, 11) is 4.02. The van der Waals surface area contributed by atoms with Crippen molar-refractivity contribution >= 4 is 23.4 Å². The molecular weight excluding hydrogens is 334 g/mol. The Balaban J connectivity index is 1.74. The Kier molecular flexibility index (Phi) is 7.78. The SMILES string of the molecule is CCCCCn1cnnc1SCC(=O)NCc1ccc(N(C)C)cc1. The van der Waals surface area contributed by atoms with Crippen molar-refractivity contribution < 1.29 is 4.79 Å². The van der Waals surface area contributed by atoms with E-state index in [0.717, 1.165) is 29.4 Å². The van der Waals surface area contributed by atoms with Crippen LogP contribution in [-0.2, 0) is 17.9 Å². The molecule has 0 spiro atoms. The second kappa shape index (κ2) is 10.1. The maximum atomic E-state index is 12.1. The predicted molar refractivity (Wildman–Crippen MR) is 103 cm³/mol. The Labute approximate surface area is 154 Å². The highest BCUT2D eigenvalue weighted by molar-refractivity contribution is 7.99. The fraction of sp³-hybridized carbons (Fsp3) is 0.500. The number of hydrogen-bond acceptors (Lipinski definition) is 5. The molecule has 0 saturated heterocycles. The summed E-state index contributed by atoms with van der Waals surface area (Å²) in [6.45, 7) is 3.62. The zero-order valence-corrected chi connectivity index (χ0v) is 16.1. The molecule has 1 N–H and O–H groups in total. The van der Waals surface area contributed by atoms with Crippen molar-refractivity contribution in [3.63, 3.8) is 0 Å². The number of anilines is 1. The minimum absolute atomic E-state index is 0.00444. The van der Waals surface area contributed by atoms with Gasteiger partial charge in [0.2, 0.25) is 5.91 Å². The van der Waals surface area contributed by atoms with Crippen LogP contribution in [0, 0.1) is 0 Å². The van der Waals surface area contributed by atoms with Gasteiger partial charge in [0.05, 0.1) is 5.75 Å². The van der Waals surface area contributed by atoms with E-state index in [0.29, 0.717) is 12.3 Å². The molecule has 136 valence electrons. The fourth-order valence-corrected chi connectivity index (χ4v) is 3.11. The smallest absolute Gasteiger partial charge is 0.230 e. The Bertz CT molecular complexity index is 654. The third-order valence-electron chi connectivity index (χ3n) is 3.86. The first-order valence-electron chi connectivity index (χ1n) is 8.63. The van der Waals surface area contributed by atoms with Gasteiger partial charge in [-0.2, -0.15) is 0 Å². The lowest BCUT2D eigenvalue weighted by Gasteiger charge is -2.13. The van der Waals surface area contributed by atoms with Crippen molar-refractivity contribution in [2.45, 2.75) is 44.4 Å². The molecule has 1 aromatic carbocycles. The molecule has 0 atom stereocenters. The number of rotatable bonds is 10. The molecule has 0 radical (unpaired) electrons. The third kappa shape index (κ3) is 6.42. The molecule has 0 bridgehead atoms. The molecular formula is C18H27N5OS. The number of carbonyl (C=O) groups is 1. The normalized spacial score (nSPS) is 10.7. The standard InChI is InChI=1S/C18H27N5OS/c1-4-5-6-11-23-14-20-21-18(23)25-13-17(24)19-12-15-7-9-16(10-8-15)22(2)3/h7-10,14H,4-6,11-13H2,1-3H3,(H,19,24). The molecule has 6 nitrogen and oxygen atoms in total. The van der Waals surface area contributed by atoms with Crippen molar-refractivity contribution in [2.24, 2.45) is 0 Å². The van der Waals surface area contributed by atoms with E-state index in [-0.39, 0.29) is 5.91 Å². The number of unbranched alkanes of at least 4 members (excludes halogenated alkanes) is 2. The number of benzene rings is 1. The molecule has 1 heterocycles. The molecule has 1 aromatic heterocycles. The first-order valence-corrected chi connectivity index (χ1v) is 9.62. The van der Waals surface area contributed by atoms with Crippen LogP contribution in [-0.4, -0.2) is 40.5 Å². The Morgan fingerprint density at radius 2 is 2.00 bits per heavy atom. The molecule has 0 aliphatic heterocycles. The van der Waals surface area contributed by atoms with E-state index < -0.39 is 0 Å². The van der Waals surface area contributed by atoms with Crippen LogP contribution in [0.3, 0.4) is 0 Å². The van der Waals surface area contributed by atoms with Crippen molar-refractivity contribution in [3.05, 3.63) is 36.2 Å². The second-order valence-corrected chi connectivity index (χ2v) is 7.08. The maximum absolute atomic E-state index is 12.1. The van der Waals surface area contributed by atoms with Crippen LogP contribution in [0.15, 0.2) is 35.7 Å². The lowest BCUT2D eigenvalue weighted by atomic mass is 10.2. The van der Waals surface area contributed by atoms with E-state index in [1.165, 1.54) is 24.6 Å². The number of amides is 1. The molecule has 1 amide bonds. The topological polar surface area (TPSA) is 63.1 Å². The van der Waals surface area contributed by atoms with Gasteiger partial charge >= 0.3 is 0 Å². The van der Waals surface area contributed by atoms with Crippen LogP contribution in [0.4, 0.5) is 5.69 Å². The van der Waals surface area contributed by atoms with E-state index in [4.69, 9.17) is 0 Å². The van der Waals surface area contributed by atoms with Gasteiger partial charge in [0, 0.05) is 32.9 Å². The van der Waals surface area contributed by atoms with E-state index in [2.05, 4.69) is 39.5 Å². The summed E-state index contributed by atoms with van der Waals surface area (Å²) in [6, 6.07) is 8.17. The maximum Gasteiger partial charge on any atom is 0.230 e. The van der Waals surface area contributed by atoms with Gasteiger partial charge in [-0.3, -0.25) is 4.79 Å². The predicted octanol–water partition coefficient (Wildman–Crippen LogP) is 2.94. The van der Waals surface area contributed by atoms with Gasteiger partial charge in [0.25, 0.3) is 0 Å². The molecule has 25 heavy (non-hydrogen) atoms. The van der Waals surface area contributed by atoms with Gasteiger partial charge in [-0.05, 0) is 24.1 Å². The molecule has 0 unspecified atom stereocenters. The number of nitrogens with zero attached hydrogens (tertiary/aromatic N) is 4. The number of aromatic nitrogens is 3. The summed E-state index contributed by atoms with van der Waals surface area (Å²) in [5.74, 6) is 0.354. The van der Waals surface area contributed by atoms with Gasteiger partial charge in [-0.25, -0.2) is 0 Å². The molecule has 7 heteroatoms. The van der Waals surface area contributed by atoms with E-state index in [9.17, 15) is 4.79 Å². The average molecular weight is 362 g/mol. The second-order valence-electron chi connectivity index (χ2n) is 6.14. The van der Waals surface area contributed by atoms with Crippen molar-refractivity contribution in [3.8, 4) is 0 Å². The molecule has 2 aromatic rings. The highest BCUT2D eigenvalue weighted by Crippen LogP contribution is 2.16. The van der Waals surface area contributed by atoms with Gasteiger partial charge in [-0.1, -0.05) is 43.7 Å². The fourth-order valence-electron chi connectivity index (χ4n) is 2.34. The quantitative estimate of drug-likeness (QED) is 0.521. The number of thioether (sulfide) groups is 1. The minimum atomic E-state index is 0.00444. The summed E-state index contributed by atoms with van der Waals surface area (Å²) < 4.78 is 2.02. The lowest BCUT2D eigenvalue weighted by molar-refractivity contribution is -0.118. The average Bonchev–Trinajstić information content (AvgIpc) is 3.06. The van der Waals surface area contributed by atoms with Crippen molar-refractivity contribution in [2.75, 3.05) is 24.7 Å². The molecule has 0 aliphatic rings. The van der Waals surface area contributed by atoms with Crippen molar-refractivity contribution in [1.29, 1.82) is 0 Å². The zero-order chi connectivity index (χ0) is 18.1. The largest absolute Gasteiger partial charge is 0.378 e. The van der Waals surface area contributed by atoms with E-state index in [1.54, 1.807) is 6.33 Å². The summed E-state index contributed by atoms with van der Waals surface area (Å²) in [6.07, 6.45) is 5.22. The number of hydrogen-bond donors (Lipinski definition) is 1. The highest BCUT2D eigenvalue weighted by atomic mass is 32.2. The highest BCUT2D eigenvalue weighted by Gasteiger charge is 2.08. The van der Waals surface area contributed by atoms with Gasteiger partial charge < -0.3 is 14.8 Å². The Morgan fingerprint density at radius 3 is 2.68 bits per heavy atom. The summed E-state index contributed by atoms with van der Waals surface area (Å²) in [4.78, 5) is 14.1. The zero-order valence-electron chi connectivity index (χ0n) is 15.2. The molecule has 0 aliphatic carbocycles. The first-order chi connectivity index (χ1) is 12.1.